The monoisotopic (exact) mass is 388 g/mol. The summed E-state index contributed by atoms with van der Waals surface area (Å²) in [6.45, 7) is 6.42. The number of carbonyl (C=O) groups excluding carboxylic acids is 1. The minimum Gasteiger partial charge on any atom is -0.367 e. The van der Waals surface area contributed by atoms with Gasteiger partial charge in [0.25, 0.3) is 10.0 Å². The lowest BCUT2D eigenvalue weighted by molar-refractivity contribution is -0.129. The molecule has 8 heteroatoms. The second-order valence-corrected chi connectivity index (χ2v) is 8.18. The van der Waals surface area contributed by atoms with Crippen LogP contribution in [-0.4, -0.2) is 50.4 Å². The van der Waals surface area contributed by atoms with Crippen LogP contribution in [0.5, 0.6) is 0 Å². The molecule has 0 aliphatic carbocycles. The van der Waals surface area contributed by atoms with Crippen molar-refractivity contribution in [2.24, 2.45) is 0 Å². The van der Waals surface area contributed by atoms with Crippen LogP contribution in [0.3, 0.4) is 0 Å². The van der Waals surface area contributed by atoms with Gasteiger partial charge in [-0.2, -0.15) is 0 Å². The quantitative estimate of drug-likeness (QED) is 0.848. The molecule has 0 spiro atoms. The lowest BCUT2D eigenvalue weighted by Crippen LogP contribution is -2.48. The fraction of sp³-hybridized carbons (Fsp3) is 0.368. The highest BCUT2D eigenvalue weighted by Crippen LogP contribution is 2.20. The predicted octanol–water partition coefficient (Wildman–Crippen LogP) is 2.11. The van der Waals surface area contributed by atoms with E-state index in [2.05, 4.69) is 14.6 Å². The Morgan fingerprint density at radius 1 is 1.07 bits per heavy atom. The second-order valence-electron chi connectivity index (χ2n) is 6.50. The van der Waals surface area contributed by atoms with Crippen LogP contribution in [0.25, 0.3) is 0 Å². The molecule has 1 aliphatic heterocycles. The molecule has 0 bridgehead atoms. The molecule has 1 saturated heterocycles. The van der Waals surface area contributed by atoms with Crippen molar-refractivity contribution in [3.63, 3.8) is 0 Å². The number of anilines is 2. The molecule has 2 aromatic rings. The summed E-state index contributed by atoms with van der Waals surface area (Å²) in [5.41, 5.74) is 2.00. The van der Waals surface area contributed by atoms with E-state index in [9.17, 15) is 13.2 Å². The maximum Gasteiger partial charge on any atom is 0.263 e. The number of nitrogens with one attached hydrogen (secondary N) is 1. The first-order chi connectivity index (χ1) is 12.9. The number of aromatic nitrogens is 1. The first-order valence-corrected chi connectivity index (χ1v) is 10.5. The van der Waals surface area contributed by atoms with Gasteiger partial charge in [0.15, 0.2) is 0 Å². The normalized spacial score (nSPS) is 14.9. The summed E-state index contributed by atoms with van der Waals surface area (Å²) < 4.78 is 27.5. The molecule has 0 atom stereocenters. The van der Waals surface area contributed by atoms with Gasteiger partial charge in [0.2, 0.25) is 5.91 Å². The zero-order valence-electron chi connectivity index (χ0n) is 15.6. The number of benzene rings is 1. The summed E-state index contributed by atoms with van der Waals surface area (Å²) >= 11 is 0. The number of rotatable bonds is 5. The SMILES string of the molecule is CCc1ccc(S(=O)(=O)Nc2ccc(N3CCN(C(C)=O)CC3)cn2)cc1. The van der Waals surface area contributed by atoms with Gasteiger partial charge in [0.05, 0.1) is 16.8 Å². The summed E-state index contributed by atoms with van der Waals surface area (Å²) in [4.78, 5) is 19.8. The van der Waals surface area contributed by atoms with Crippen LogP contribution in [-0.2, 0) is 21.2 Å². The number of nitrogens with zero attached hydrogens (tertiary/aromatic N) is 3. The van der Waals surface area contributed by atoms with Crippen molar-refractivity contribution in [1.82, 2.24) is 9.88 Å². The Kier molecular flexibility index (Phi) is 5.65. The van der Waals surface area contributed by atoms with E-state index >= 15 is 0 Å². The maximum atomic E-state index is 12.5. The van der Waals surface area contributed by atoms with E-state index < -0.39 is 10.0 Å². The highest BCUT2D eigenvalue weighted by molar-refractivity contribution is 7.92. The molecule has 3 rings (SSSR count). The van der Waals surface area contributed by atoms with Crippen LogP contribution in [0.4, 0.5) is 11.5 Å². The Morgan fingerprint density at radius 2 is 1.74 bits per heavy atom. The molecule has 1 fully saturated rings. The molecule has 144 valence electrons. The van der Waals surface area contributed by atoms with Crippen LogP contribution in [0.2, 0.25) is 0 Å². The number of hydrogen-bond acceptors (Lipinski definition) is 5. The first kappa shape index (κ1) is 19.2. The number of pyridine rings is 1. The third-order valence-corrected chi connectivity index (χ3v) is 6.09. The standard InChI is InChI=1S/C19H24N4O3S/c1-3-16-4-7-18(8-5-16)27(25,26)21-19-9-6-17(14-20-19)23-12-10-22(11-13-23)15(2)24/h4-9,14H,3,10-13H2,1-2H3,(H,20,21). The number of hydrogen-bond donors (Lipinski definition) is 1. The van der Waals surface area contributed by atoms with E-state index in [-0.39, 0.29) is 16.6 Å². The van der Waals surface area contributed by atoms with E-state index in [4.69, 9.17) is 0 Å². The highest BCUT2D eigenvalue weighted by atomic mass is 32.2. The largest absolute Gasteiger partial charge is 0.367 e. The molecule has 1 aromatic carbocycles. The Morgan fingerprint density at radius 3 is 2.26 bits per heavy atom. The van der Waals surface area contributed by atoms with Gasteiger partial charge in [-0.05, 0) is 36.2 Å². The first-order valence-electron chi connectivity index (χ1n) is 8.97. The van der Waals surface area contributed by atoms with Gasteiger partial charge in [0, 0.05) is 33.1 Å². The Bertz CT molecular complexity index is 888. The minimum atomic E-state index is -3.66. The highest BCUT2D eigenvalue weighted by Gasteiger charge is 2.19. The number of piperazine rings is 1. The summed E-state index contributed by atoms with van der Waals surface area (Å²) in [6.07, 6.45) is 2.51. The van der Waals surface area contributed by atoms with Crippen molar-refractivity contribution in [2.45, 2.75) is 25.2 Å². The Hall–Kier alpha value is -2.61. The van der Waals surface area contributed by atoms with Gasteiger partial charge >= 0.3 is 0 Å². The summed E-state index contributed by atoms with van der Waals surface area (Å²) in [7, 11) is -3.66. The fourth-order valence-corrected chi connectivity index (χ4v) is 4.02. The van der Waals surface area contributed by atoms with Crippen molar-refractivity contribution in [1.29, 1.82) is 0 Å². The zero-order chi connectivity index (χ0) is 19.4. The molecule has 2 heterocycles. The van der Waals surface area contributed by atoms with Gasteiger partial charge in [-0.15, -0.1) is 0 Å². The molecule has 1 N–H and O–H groups in total. The van der Waals surface area contributed by atoms with E-state index in [1.165, 1.54) is 0 Å². The average molecular weight is 388 g/mol. The summed E-state index contributed by atoms with van der Waals surface area (Å²) in [6, 6.07) is 10.3. The average Bonchev–Trinajstić information content (AvgIpc) is 2.68. The lowest BCUT2D eigenvalue weighted by Gasteiger charge is -2.35. The van der Waals surface area contributed by atoms with Crippen LogP contribution in [0.1, 0.15) is 19.4 Å². The van der Waals surface area contributed by atoms with E-state index in [1.54, 1.807) is 31.3 Å². The van der Waals surface area contributed by atoms with E-state index in [0.29, 0.717) is 13.1 Å². The molecular weight excluding hydrogens is 364 g/mol. The molecule has 0 unspecified atom stereocenters. The second kappa shape index (κ2) is 7.96. The Labute approximate surface area is 160 Å². The molecule has 0 radical (unpaired) electrons. The van der Waals surface area contributed by atoms with Gasteiger partial charge in [-0.3, -0.25) is 9.52 Å². The van der Waals surface area contributed by atoms with Crippen molar-refractivity contribution in [2.75, 3.05) is 35.8 Å². The lowest BCUT2D eigenvalue weighted by atomic mass is 10.2. The molecule has 27 heavy (non-hydrogen) atoms. The topological polar surface area (TPSA) is 82.6 Å². The van der Waals surface area contributed by atoms with Gasteiger partial charge in [-0.25, -0.2) is 13.4 Å². The van der Waals surface area contributed by atoms with Crippen LogP contribution >= 0.6 is 0 Å². The molecule has 1 aliphatic rings. The maximum absolute atomic E-state index is 12.5. The van der Waals surface area contributed by atoms with Crippen LogP contribution < -0.4 is 9.62 Å². The van der Waals surface area contributed by atoms with E-state index in [1.807, 2.05) is 30.0 Å². The molecule has 1 aromatic heterocycles. The van der Waals surface area contributed by atoms with E-state index in [0.717, 1.165) is 30.8 Å². The number of carbonyl (C=O) groups is 1. The van der Waals surface area contributed by atoms with Gasteiger partial charge < -0.3 is 9.80 Å². The van der Waals surface area contributed by atoms with Gasteiger partial charge in [-0.1, -0.05) is 19.1 Å². The van der Waals surface area contributed by atoms with Gasteiger partial charge in [0.1, 0.15) is 5.82 Å². The predicted molar refractivity (Wildman–Crippen MR) is 105 cm³/mol. The number of amides is 1. The molecule has 7 nitrogen and oxygen atoms in total. The van der Waals surface area contributed by atoms with Crippen molar-refractivity contribution in [3.05, 3.63) is 48.2 Å². The van der Waals surface area contributed by atoms with Crippen molar-refractivity contribution >= 4 is 27.4 Å². The molecule has 1 amide bonds. The van der Waals surface area contributed by atoms with Crippen LogP contribution in [0, 0.1) is 0 Å². The van der Waals surface area contributed by atoms with Crippen molar-refractivity contribution < 1.29 is 13.2 Å². The third-order valence-electron chi connectivity index (χ3n) is 4.72. The number of sulfonamides is 1. The number of aryl methyl sites for hydroxylation is 1. The molecule has 0 saturated carbocycles. The van der Waals surface area contributed by atoms with Crippen LogP contribution in [0.15, 0.2) is 47.5 Å². The fourth-order valence-electron chi connectivity index (χ4n) is 3.01. The summed E-state index contributed by atoms with van der Waals surface area (Å²) in [5, 5.41) is 0. The zero-order valence-corrected chi connectivity index (χ0v) is 16.4. The minimum absolute atomic E-state index is 0.0875. The smallest absolute Gasteiger partial charge is 0.263 e. The summed E-state index contributed by atoms with van der Waals surface area (Å²) in [5.74, 6) is 0.366. The van der Waals surface area contributed by atoms with Crippen molar-refractivity contribution in [3.8, 4) is 0 Å². The third kappa shape index (κ3) is 4.57. The Balaban J connectivity index is 1.66. The molecular formula is C19H24N4O3S.